The fraction of sp³-hybridized carbons (Fsp3) is 0.333. The monoisotopic (exact) mass is 270 g/mol. The molecule has 2 aromatic rings. The number of nitrogen functional groups attached to an aromatic ring is 1. The van der Waals surface area contributed by atoms with Gasteiger partial charge in [-0.2, -0.15) is 5.10 Å². The molecule has 0 radical (unpaired) electrons. The van der Waals surface area contributed by atoms with E-state index in [1.807, 2.05) is 38.1 Å². The Hall–Kier alpha value is -2.30. The average Bonchev–Trinajstić information content (AvgIpc) is 3.19. The van der Waals surface area contributed by atoms with Crippen LogP contribution in [0.1, 0.15) is 29.7 Å². The number of carbonyl (C=O) groups excluding carboxylic acids is 1. The number of nitrogens with zero attached hydrogens (tertiary/aromatic N) is 1. The number of nitrogens with two attached hydrogens (primary N) is 1. The highest BCUT2D eigenvalue weighted by molar-refractivity contribution is 6.01. The zero-order valence-electron chi connectivity index (χ0n) is 11.7. The number of anilines is 2. The van der Waals surface area contributed by atoms with Gasteiger partial charge in [0, 0.05) is 16.9 Å². The van der Waals surface area contributed by atoms with E-state index in [9.17, 15) is 4.79 Å². The van der Waals surface area contributed by atoms with Gasteiger partial charge >= 0.3 is 0 Å². The molecule has 1 aromatic carbocycles. The fourth-order valence-corrected chi connectivity index (χ4v) is 2.41. The van der Waals surface area contributed by atoms with E-state index in [-0.39, 0.29) is 5.91 Å². The van der Waals surface area contributed by atoms with Crippen LogP contribution < -0.4 is 11.1 Å². The number of nitrogens with one attached hydrogen (secondary N) is 2. The summed E-state index contributed by atoms with van der Waals surface area (Å²) in [7, 11) is 0. The van der Waals surface area contributed by atoms with Crippen LogP contribution in [0, 0.1) is 13.8 Å². The fourth-order valence-electron chi connectivity index (χ4n) is 2.41. The van der Waals surface area contributed by atoms with E-state index in [4.69, 9.17) is 5.73 Å². The third-order valence-corrected chi connectivity index (χ3v) is 4.13. The number of amides is 1. The first-order valence-corrected chi connectivity index (χ1v) is 6.72. The number of carbonyl (C=O) groups is 1. The van der Waals surface area contributed by atoms with Crippen LogP contribution >= 0.6 is 0 Å². The van der Waals surface area contributed by atoms with Gasteiger partial charge in [0.15, 0.2) is 5.82 Å². The molecule has 0 aliphatic heterocycles. The molecule has 0 atom stereocenters. The quantitative estimate of drug-likeness (QED) is 0.748. The summed E-state index contributed by atoms with van der Waals surface area (Å²) < 4.78 is 0. The second-order valence-electron chi connectivity index (χ2n) is 5.48. The zero-order valence-corrected chi connectivity index (χ0v) is 11.7. The van der Waals surface area contributed by atoms with Gasteiger partial charge in [-0.3, -0.25) is 9.89 Å². The number of rotatable bonds is 3. The molecule has 1 amide bonds. The summed E-state index contributed by atoms with van der Waals surface area (Å²) in [5.41, 5.74) is 8.97. The van der Waals surface area contributed by atoms with Gasteiger partial charge in [0.1, 0.15) is 0 Å². The number of aryl methyl sites for hydroxylation is 1. The first-order valence-electron chi connectivity index (χ1n) is 6.72. The molecule has 1 aromatic heterocycles. The minimum absolute atomic E-state index is 0.0110. The Kier molecular flexibility index (Phi) is 2.78. The molecule has 0 spiro atoms. The Bertz CT molecular complexity index is 653. The van der Waals surface area contributed by atoms with Crippen molar-refractivity contribution in [3.05, 3.63) is 41.1 Å². The van der Waals surface area contributed by atoms with E-state index in [1.165, 1.54) is 0 Å². The van der Waals surface area contributed by atoms with Crippen molar-refractivity contribution in [1.29, 1.82) is 0 Å². The Balaban J connectivity index is 1.83. The molecule has 1 fully saturated rings. The smallest absolute Gasteiger partial charge is 0.236 e. The van der Waals surface area contributed by atoms with Crippen LogP contribution in [0.3, 0.4) is 0 Å². The van der Waals surface area contributed by atoms with E-state index in [2.05, 4.69) is 15.5 Å². The van der Waals surface area contributed by atoms with Crippen LogP contribution in [-0.4, -0.2) is 16.1 Å². The minimum Gasteiger partial charge on any atom is -0.399 e. The summed E-state index contributed by atoms with van der Waals surface area (Å²) in [6.07, 6.45) is 1.73. The van der Waals surface area contributed by atoms with Gasteiger partial charge in [0.05, 0.1) is 5.41 Å². The maximum absolute atomic E-state index is 12.5. The normalized spacial score (nSPS) is 15.9. The van der Waals surface area contributed by atoms with Crippen LogP contribution in [0.2, 0.25) is 0 Å². The van der Waals surface area contributed by atoms with Gasteiger partial charge in [-0.05, 0) is 44.4 Å². The molecule has 0 bridgehead atoms. The van der Waals surface area contributed by atoms with Crippen molar-refractivity contribution in [3.63, 3.8) is 0 Å². The molecule has 1 aliphatic rings. The lowest BCUT2D eigenvalue weighted by molar-refractivity contribution is -0.118. The number of H-pyrrole nitrogens is 1. The Labute approximate surface area is 117 Å². The first-order chi connectivity index (χ1) is 9.53. The van der Waals surface area contributed by atoms with Crippen molar-refractivity contribution in [2.24, 2.45) is 0 Å². The maximum atomic E-state index is 12.5. The molecule has 20 heavy (non-hydrogen) atoms. The van der Waals surface area contributed by atoms with Gasteiger partial charge in [-0.25, -0.2) is 0 Å². The lowest BCUT2D eigenvalue weighted by Crippen LogP contribution is -2.28. The molecule has 0 saturated heterocycles. The van der Waals surface area contributed by atoms with Gasteiger partial charge in [0.2, 0.25) is 5.91 Å². The number of hydrogen-bond acceptors (Lipinski definition) is 3. The largest absolute Gasteiger partial charge is 0.399 e. The summed E-state index contributed by atoms with van der Waals surface area (Å²) in [5.74, 6) is 0.631. The predicted molar refractivity (Wildman–Crippen MR) is 78.5 cm³/mol. The molecular formula is C15H18N4O. The summed E-state index contributed by atoms with van der Waals surface area (Å²) in [5, 5.41) is 9.94. The van der Waals surface area contributed by atoms with Crippen LogP contribution in [0.4, 0.5) is 11.5 Å². The van der Waals surface area contributed by atoms with Gasteiger partial charge in [-0.1, -0.05) is 12.1 Å². The molecular weight excluding hydrogens is 252 g/mol. The molecule has 1 aliphatic carbocycles. The number of aromatic nitrogens is 2. The standard InChI is InChI=1S/C15H18N4O/c1-9-10(2)18-19-13(9)17-14(20)15(7-8-15)11-3-5-12(16)6-4-11/h3-6H,7-8,16H2,1-2H3,(H2,17,18,19,20). The predicted octanol–water partition coefficient (Wildman–Crippen LogP) is 2.28. The van der Waals surface area contributed by atoms with Crippen LogP contribution in [0.5, 0.6) is 0 Å². The second kappa shape index (κ2) is 4.37. The summed E-state index contributed by atoms with van der Waals surface area (Å²) >= 11 is 0. The summed E-state index contributed by atoms with van der Waals surface area (Å²) in [4.78, 5) is 12.5. The van der Waals surface area contributed by atoms with Crippen molar-refractivity contribution in [1.82, 2.24) is 10.2 Å². The van der Waals surface area contributed by atoms with Gasteiger partial charge in [0.25, 0.3) is 0 Å². The van der Waals surface area contributed by atoms with Crippen molar-refractivity contribution in [2.45, 2.75) is 32.1 Å². The van der Waals surface area contributed by atoms with E-state index in [1.54, 1.807) is 0 Å². The molecule has 1 heterocycles. The number of aromatic amines is 1. The van der Waals surface area contributed by atoms with Crippen molar-refractivity contribution < 1.29 is 4.79 Å². The van der Waals surface area contributed by atoms with Gasteiger partial charge in [-0.15, -0.1) is 0 Å². The van der Waals surface area contributed by atoms with Crippen LogP contribution in [0.25, 0.3) is 0 Å². The minimum atomic E-state index is -0.410. The number of benzene rings is 1. The molecule has 5 heteroatoms. The topological polar surface area (TPSA) is 83.8 Å². The lowest BCUT2D eigenvalue weighted by Gasteiger charge is -2.15. The van der Waals surface area contributed by atoms with Crippen molar-refractivity contribution in [2.75, 3.05) is 11.1 Å². The average molecular weight is 270 g/mol. The van der Waals surface area contributed by atoms with E-state index < -0.39 is 5.41 Å². The highest BCUT2D eigenvalue weighted by Gasteiger charge is 2.51. The third-order valence-electron chi connectivity index (χ3n) is 4.13. The lowest BCUT2D eigenvalue weighted by atomic mass is 9.94. The van der Waals surface area contributed by atoms with Crippen molar-refractivity contribution in [3.8, 4) is 0 Å². The number of hydrogen-bond donors (Lipinski definition) is 3. The SMILES string of the molecule is Cc1[nH]nc(NC(=O)C2(c3ccc(N)cc3)CC2)c1C. The molecule has 3 rings (SSSR count). The molecule has 5 nitrogen and oxygen atoms in total. The summed E-state index contributed by atoms with van der Waals surface area (Å²) in [6.45, 7) is 3.88. The van der Waals surface area contributed by atoms with E-state index in [0.717, 1.165) is 29.7 Å². The Morgan fingerprint density at radius 3 is 2.45 bits per heavy atom. The summed E-state index contributed by atoms with van der Waals surface area (Å²) in [6, 6.07) is 7.55. The van der Waals surface area contributed by atoms with E-state index >= 15 is 0 Å². The van der Waals surface area contributed by atoms with E-state index in [0.29, 0.717) is 11.5 Å². The van der Waals surface area contributed by atoms with Crippen LogP contribution in [0.15, 0.2) is 24.3 Å². The Morgan fingerprint density at radius 2 is 1.95 bits per heavy atom. The molecule has 1 saturated carbocycles. The first kappa shape index (κ1) is 12.7. The highest BCUT2D eigenvalue weighted by atomic mass is 16.2. The molecule has 0 unspecified atom stereocenters. The molecule has 104 valence electrons. The van der Waals surface area contributed by atoms with Crippen LogP contribution in [-0.2, 0) is 10.2 Å². The zero-order chi connectivity index (χ0) is 14.3. The second-order valence-corrected chi connectivity index (χ2v) is 5.48. The Morgan fingerprint density at radius 1 is 1.30 bits per heavy atom. The third kappa shape index (κ3) is 1.95. The highest BCUT2D eigenvalue weighted by Crippen LogP contribution is 2.49. The molecule has 4 N–H and O–H groups in total. The van der Waals surface area contributed by atoms with Gasteiger partial charge < -0.3 is 11.1 Å². The maximum Gasteiger partial charge on any atom is 0.236 e. The van der Waals surface area contributed by atoms with Crippen molar-refractivity contribution >= 4 is 17.4 Å².